The van der Waals surface area contributed by atoms with Crippen molar-refractivity contribution in [3.8, 4) is 0 Å². The fourth-order valence-corrected chi connectivity index (χ4v) is 4.20. The molecule has 1 aromatic carbocycles. The minimum absolute atomic E-state index is 0.495. The standard InChI is InChI=1S/C15H19ClN2S/c1-10-4-3-5-13-15(10)18(14(9-16)17-13)11-6-7-12(8-11)19-2/h3-5,11-12H,6-9H2,1-2H3. The summed E-state index contributed by atoms with van der Waals surface area (Å²) >= 11 is 8.11. The van der Waals surface area contributed by atoms with Crippen LogP contribution in [0.4, 0.5) is 0 Å². The first kappa shape index (κ1) is 13.3. The van der Waals surface area contributed by atoms with Gasteiger partial charge in [-0.05, 0) is 44.1 Å². The van der Waals surface area contributed by atoms with Crippen molar-refractivity contribution in [2.75, 3.05) is 6.26 Å². The van der Waals surface area contributed by atoms with E-state index in [0.717, 1.165) is 16.6 Å². The highest BCUT2D eigenvalue weighted by molar-refractivity contribution is 7.99. The molecule has 2 unspecified atom stereocenters. The molecule has 3 rings (SSSR count). The molecule has 0 N–H and O–H groups in total. The third-order valence-corrected chi connectivity index (χ3v) is 5.49. The summed E-state index contributed by atoms with van der Waals surface area (Å²) in [6.45, 7) is 2.17. The van der Waals surface area contributed by atoms with Gasteiger partial charge in [-0.3, -0.25) is 0 Å². The number of hydrogen-bond donors (Lipinski definition) is 0. The summed E-state index contributed by atoms with van der Waals surface area (Å²) in [4.78, 5) is 4.71. The molecule has 0 saturated heterocycles. The highest BCUT2D eigenvalue weighted by Crippen LogP contribution is 2.39. The van der Waals surface area contributed by atoms with Crippen LogP contribution in [-0.4, -0.2) is 21.1 Å². The molecule has 0 radical (unpaired) electrons. The zero-order valence-electron chi connectivity index (χ0n) is 11.4. The smallest absolute Gasteiger partial charge is 0.125 e. The van der Waals surface area contributed by atoms with E-state index in [2.05, 4.69) is 35.9 Å². The molecule has 1 fully saturated rings. The van der Waals surface area contributed by atoms with Gasteiger partial charge in [0.1, 0.15) is 5.82 Å². The molecule has 19 heavy (non-hydrogen) atoms. The second kappa shape index (κ2) is 5.37. The molecule has 2 atom stereocenters. The van der Waals surface area contributed by atoms with E-state index in [1.54, 1.807) is 0 Å². The maximum absolute atomic E-state index is 6.12. The molecule has 1 aliphatic rings. The van der Waals surface area contributed by atoms with Gasteiger partial charge >= 0.3 is 0 Å². The summed E-state index contributed by atoms with van der Waals surface area (Å²) in [6, 6.07) is 6.90. The molecular formula is C15H19ClN2S. The minimum atomic E-state index is 0.495. The number of benzene rings is 1. The van der Waals surface area contributed by atoms with E-state index >= 15 is 0 Å². The Labute approximate surface area is 123 Å². The Morgan fingerprint density at radius 1 is 1.42 bits per heavy atom. The molecular weight excluding hydrogens is 276 g/mol. The maximum atomic E-state index is 6.12. The van der Waals surface area contributed by atoms with Crippen molar-refractivity contribution >= 4 is 34.4 Å². The van der Waals surface area contributed by atoms with Crippen LogP contribution < -0.4 is 0 Å². The second-order valence-corrected chi connectivity index (χ2v) is 6.70. The molecule has 0 aliphatic heterocycles. The van der Waals surface area contributed by atoms with Gasteiger partial charge < -0.3 is 4.57 Å². The summed E-state index contributed by atoms with van der Waals surface area (Å²) in [5.74, 6) is 1.52. The minimum Gasteiger partial charge on any atom is -0.324 e. The van der Waals surface area contributed by atoms with Crippen LogP contribution in [0.1, 0.15) is 36.7 Å². The first-order valence-electron chi connectivity index (χ1n) is 6.79. The summed E-state index contributed by atoms with van der Waals surface area (Å²) in [6.07, 6.45) is 6.01. The highest BCUT2D eigenvalue weighted by Gasteiger charge is 2.28. The van der Waals surface area contributed by atoms with Gasteiger partial charge in [0.25, 0.3) is 0 Å². The van der Waals surface area contributed by atoms with Crippen LogP contribution in [0.15, 0.2) is 18.2 Å². The molecule has 4 heteroatoms. The number of thioether (sulfide) groups is 1. The molecule has 0 bridgehead atoms. The van der Waals surface area contributed by atoms with Crippen molar-refractivity contribution in [2.24, 2.45) is 0 Å². The van der Waals surface area contributed by atoms with Crippen LogP contribution in [-0.2, 0) is 5.88 Å². The van der Waals surface area contributed by atoms with Crippen molar-refractivity contribution in [1.82, 2.24) is 9.55 Å². The molecule has 1 saturated carbocycles. The van der Waals surface area contributed by atoms with Gasteiger partial charge in [-0.1, -0.05) is 12.1 Å². The first-order valence-corrected chi connectivity index (χ1v) is 8.62. The number of para-hydroxylation sites is 1. The Kier molecular flexibility index (Phi) is 3.77. The first-order chi connectivity index (χ1) is 9.24. The van der Waals surface area contributed by atoms with Gasteiger partial charge in [0, 0.05) is 11.3 Å². The van der Waals surface area contributed by atoms with Crippen molar-refractivity contribution in [1.29, 1.82) is 0 Å². The van der Waals surface area contributed by atoms with Crippen LogP contribution in [0.5, 0.6) is 0 Å². The Bertz CT molecular complexity index is 593. The zero-order chi connectivity index (χ0) is 13.4. The fourth-order valence-electron chi connectivity index (χ4n) is 3.22. The normalized spacial score (nSPS) is 23.3. The van der Waals surface area contributed by atoms with Crippen LogP contribution >= 0.6 is 23.4 Å². The lowest BCUT2D eigenvalue weighted by atomic mass is 10.1. The van der Waals surface area contributed by atoms with Crippen molar-refractivity contribution in [3.63, 3.8) is 0 Å². The predicted molar refractivity (Wildman–Crippen MR) is 84.2 cm³/mol. The predicted octanol–water partition coefficient (Wildman–Crippen LogP) is 4.54. The van der Waals surface area contributed by atoms with Crippen molar-refractivity contribution in [2.45, 2.75) is 43.4 Å². The lowest BCUT2D eigenvalue weighted by Gasteiger charge is -2.17. The van der Waals surface area contributed by atoms with Gasteiger partial charge in [-0.15, -0.1) is 11.6 Å². The third kappa shape index (κ3) is 2.27. The topological polar surface area (TPSA) is 17.8 Å². The quantitative estimate of drug-likeness (QED) is 0.774. The molecule has 0 amide bonds. The van der Waals surface area contributed by atoms with Crippen LogP contribution in [0.3, 0.4) is 0 Å². The van der Waals surface area contributed by atoms with E-state index < -0.39 is 0 Å². The molecule has 102 valence electrons. The van der Waals surface area contributed by atoms with E-state index in [-0.39, 0.29) is 0 Å². The van der Waals surface area contributed by atoms with Gasteiger partial charge in [0.2, 0.25) is 0 Å². The lowest BCUT2D eigenvalue weighted by molar-refractivity contribution is 0.518. The van der Waals surface area contributed by atoms with E-state index in [0.29, 0.717) is 11.9 Å². The Morgan fingerprint density at radius 2 is 2.26 bits per heavy atom. The Hall–Kier alpha value is -0.670. The van der Waals surface area contributed by atoms with Gasteiger partial charge in [0.15, 0.2) is 0 Å². The van der Waals surface area contributed by atoms with E-state index in [1.165, 1.54) is 30.3 Å². The summed E-state index contributed by atoms with van der Waals surface area (Å²) < 4.78 is 2.41. The highest BCUT2D eigenvalue weighted by atomic mass is 35.5. The molecule has 1 aromatic heterocycles. The number of nitrogens with zero attached hydrogens (tertiary/aromatic N) is 2. The van der Waals surface area contributed by atoms with Crippen molar-refractivity contribution in [3.05, 3.63) is 29.6 Å². The number of rotatable bonds is 3. The summed E-state index contributed by atoms with van der Waals surface area (Å²) in [5.41, 5.74) is 3.67. The molecule has 1 aliphatic carbocycles. The average Bonchev–Trinajstić information content (AvgIpc) is 3.02. The molecule has 2 nitrogen and oxygen atoms in total. The van der Waals surface area contributed by atoms with Crippen LogP contribution in [0, 0.1) is 6.92 Å². The zero-order valence-corrected chi connectivity index (χ0v) is 13.0. The third-order valence-electron chi connectivity index (χ3n) is 4.16. The monoisotopic (exact) mass is 294 g/mol. The molecule has 1 heterocycles. The number of aryl methyl sites for hydroxylation is 1. The van der Waals surface area contributed by atoms with Crippen LogP contribution in [0.25, 0.3) is 11.0 Å². The number of fused-ring (bicyclic) bond motifs is 1. The molecule has 2 aromatic rings. The number of aromatic nitrogens is 2. The largest absolute Gasteiger partial charge is 0.324 e. The second-order valence-electron chi connectivity index (χ2n) is 5.30. The maximum Gasteiger partial charge on any atom is 0.125 e. The van der Waals surface area contributed by atoms with E-state index in [9.17, 15) is 0 Å². The molecule has 0 spiro atoms. The number of alkyl halides is 1. The number of halogens is 1. The van der Waals surface area contributed by atoms with Gasteiger partial charge in [-0.2, -0.15) is 11.8 Å². The number of imidazole rings is 1. The Morgan fingerprint density at radius 3 is 2.95 bits per heavy atom. The van der Waals surface area contributed by atoms with Crippen molar-refractivity contribution < 1.29 is 0 Å². The fraction of sp³-hybridized carbons (Fsp3) is 0.533. The average molecular weight is 295 g/mol. The van der Waals surface area contributed by atoms with Gasteiger partial charge in [0.05, 0.1) is 16.9 Å². The number of hydrogen-bond acceptors (Lipinski definition) is 2. The summed E-state index contributed by atoms with van der Waals surface area (Å²) in [7, 11) is 0. The van der Waals surface area contributed by atoms with E-state index in [4.69, 9.17) is 16.6 Å². The lowest BCUT2D eigenvalue weighted by Crippen LogP contribution is -2.10. The Balaban J connectivity index is 2.11. The SMILES string of the molecule is CSC1CCC(n2c(CCl)nc3cccc(C)c32)C1. The van der Waals surface area contributed by atoms with Gasteiger partial charge in [-0.25, -0.2) is 4.98 Å². The van der Waals surface area contributed by atoms with Crippen LogP contribution in [0.2, 0.25) is 0 Å². The van der Waals surface area contributed by atoms with E-state index in [1.807, 2.05) is 11.8 Å². The summed E-state index contributed by atoms with van der Waals surface area (Å²) in [5, 5.41) is 0.787.